The first-order valence-electron chi connectivity index (χ1n) is 6.14. The first-order chi connectivity index (χ1) is 9.34. The van der Waals surface area contributed by atoms with Crippen LogP contribution in [0.4, 0.5) is 8.78 Å². The molecule has 2 rings (SSSR count). The van der Waals surface area contributed by atoms with E-state index >= 15 is 0 Å². The summed E-state index contributed by atoms with van der Waals surface area (Å²) in [5.41, 5.74) is 5.80. The Bertz CT molecular complexity index is 528. The van der Waals surface area contributed by atoms with Gasteiger partial charge in [-0.05, 0) is 30.0 Å². The van der Waals surface area contributed by atoms with Gasteiger partial charge in [-0.1, -0.05) is 29.3 Å². The highest BCUT2D eigenvalue weighted by atomic mass is 35.5. The number of carbonyl (C=O) groups excluding carboxylic acids is 1. The van der Waals surface area contributed by atoms with Gasteiger partial charge in [-0.2, -0.15) is 0 Å². The second-order valence-corrected chi connectivity index (χ2v) is 5.71. The lowest BCUT2D eigenvalue weighted by molar-refractivity contribution is -0.124. The monoisotopic (exact) mass is 358 g/mol. The fraction of sp³-hybridized carbons (Fsp3) is 0.462. The maximum Gasteiger partial charge on any atom is 0.277 e. The van der Waals surface area contributed by atoms with Crippen LogP contribution in [0.15, 0.2) is 18.2 Å². The van der Waals surface area contributed by atoms with Crippen molar-refractivity contribution in [2.45, 2.75) is 18.3 Å². The Morgan fingerprint density at radius 2 is 2.05 bits per heavy atom. The summed E-state index contributed by atoms with van der Waals surface area (Å²) >= 11 is 11.7. The number of rotatable bonds is 5. The van der Waals surface area contributed by atoms with Gasteiger partial charge in [0.1, 0.15) is 0 Å². The maximum atomic E-state index is 12.9. The summed E-state index contributed by atoms with van der Waals surface area (Å²) in [6.45, 7) is -1.51. The molecule has 0 radical (unpaired) electrons. The van der Waals surface area contributed by atoms with Gasteiger partial charge in [-0.3, -0.25) is 4.79 Å². The van der Waals surface area contributed by atoms with Crippen molar-refractivity contribution in [3.63, 3.8) is 0 Å². The molecule has 1 aliphatic rings. The number of nitrogens with two attached hydrogens (primary N) is 1. The lowest BCUT2D eigenvalue weighted by atomic mass is 10.1. The van der Waals surface area contributed by atoms with Crippen LogP contribution in [-0.4, -0.2) is 24.9 Å². The standard InChI is InChI=1S/C13H14Cl2F2N2O.ClH/c14-10-2-1-7(3-11(10)15)8-4-9(8)12(20)19-6-13(16,17)5-18;/h1-3,8-9H,4-6,18H2,(H,19,20);1H. The second-order valence-electron chi connectivity index (χ2n) is 4.90. The normalized spacial score (nSPS) is 20.6. The highest BCUT2D eigenvalue weighted by molar-refractivity contribution is 6.42. The summed E-state index contributed by atoms with van der Waals surface area (Å²) in [6.07, 6.45) is 0.623. The van der Waals surface area contributed by atoms with Gasteiger partial charge in [0.15, 0.2) is 0 Å². The van der Waals surface area contributed by atoms with E-state index in [2.05, 4.69) is 5.32 Å². The minimum absolute atomic E-state index is 0. The summed E-state index contributed by atoms with van der Waals surface area (Å²) in [4.78, 5) is 11.8. The van der Waals surface area contributed by atoms with Crippen LogP contribution in [0.2, 0.25) is 10.0 Å². The zero-order valence-electron chi connectivity index (χ0n) is 10.9. The third kappa shape index (κ3) is 4.68. The molecule has 8 heteroatoms. The molecule has 1 aliphatic carbocycles. The molecule has 0 aromatic heterocycles. The molecule has 0 bridgehead atoms. The molecule has 1 saturated carbocycles. The molecule has 3 nitrogen and oxygen atoms in total. The number of nitrogens with one attached hydrogen (secondary N) is 1. The van der Waals surface area contributed by atoms with Crippen molar-refractivity contribution < 1.29 is 13.6 Å². The van der Waals surface area contributed by atoms with Crippen LogP contribution in [0.3, 0.4) is 0 Å². The Balaban J connectivity index is 0.00000220. The summed E-state index contributed by atoms with van der Waals surface area (Å²) in [6, 6.07) is 5.16. The lowest BCUT2D eigenvalue weighted by Gasteiger charge is -2.14. The van der Waals surface area contributed by atoms with E-state index < -0.39 is 19.0 Å². The number of halogens is 5. The molecular formula is C13H15Cl3F2N2O. The van der Waals surface area contributed by atoms with E-state index in [1.54, 1.807) is 18.2 Å². The first kappa shape index (κ1) is 18.4. The summed E-state index contributed by atoms with van der Waals surface area (Å²) in [5, 5.41) is 3.10. The molecule has 0 heterocycles. The second kappa shape index (κ2) is 7.09. The zero-order valence-corrected chi connectivity index (χ0v) is 13.2. The van der Waals surface area contributed by atoms with Crippen LogP contribution in [0.25, 0.3) is 0 Å². The van der Waals surface area contributed by atoms with E-state index in [4.69, 9.17) is 28.9 Å². The quantitative estimate of drug-likeness (QED) is 0.848. The molecule has 2 atom stereocenters. The van der Waals surface area contributed by atoms with E-state index in [0.29, 0.717) is 16.5 Å². The van der Waals surface area contributed by atoms with Gasteiger partial charge < -0.3 is 11.1 Å². The van der Waals surface area contributed by atoms with Crippen LogP contribution >= 0.6 is 35.6 Å². The van der Waals surface area contributed by atoms with Gasteiger partial charge in [-0.15, -0.1) is 12.4 Å². The summed E-state index contributed by atoms with van der Waals surface area (Å²) in [5.74, 6) is -3.73. The van der Waals surface area contributed by atoms with Gasteiger partial charge in [-0.25, -0.2) is 8.78 Å². The van der Waals surface area contributed by atoms with Crippen molar-refractivity contribution in [2.75, 3.05) is 13.1 Å². The molecular weight excluding hydrogens is 345 g/mol. The molecule has 0 spiro atoms. The number of amides is 1. The van der Waals surface area contributed by atoms with Gasteiger partial charge in [0.05, 0.1) is 23.1 Å². The van der Waals surface area contributed by atoms with E-state index in [9.17, 15) is 13.6 Å². The molecule has 0 saturated heterocycles. The van der Waals surface area contributed by atoms with Gasteiger partial charge >= 0.3 is 0 Å². The third-order valence-corrected chi connectivity index (χ3v) is 4.06. The van der Waals surface area contributed by atoms with Crippen LogP contribution in [0.5, 0.6) is 0 Å². The fourth-order valence-corrected chi connectivity index (χ4v) is 2.32. The Kier molecular flexibility index (Phi) is 6.23. The minimum atomic E-state index is -3.07. The van der Waals surface area contributed by atoms with E-state index in [0.717, 1.165) is 5.56 Å². The van der Waals surface area contributed by atoms with Crippen molar-refractivity contribution in [1.29, 1.82) is 0 Å². The molecule has 21 heavy (non-hydrogen) atoms. The third-order valence-electron chi connectivity index (χ3n) is 3.32. The minimum Gasteiger partial charge on any atom is -0.350 e. The number of hydrogen-bond acceptors (Lipinski definition) is 2. The average molecular weight is 360 g/mol. The first-order valence-corrected chi connectivity index (χ1v) is 6.90. The smallest absolute Gasteiger partial charge is 0.277 e. The van der Waals surface area contributed by atoms with Crippen molar-refractivity contribution in [2.24, 2.45) is 11.7 Å². The molecule has 2 unspecified atom stereocenters. The SMILES string of the molecule is Cl.NCC(F)(F)CNC(=O)C1CC1c1ccc(Cl)c(Cl)c1. The van der Waals surface area contributed by atoms with E-state index in [1.807, 2.05) is 0 Å². The molecule has 1 fully saturated rings. The molecule has 0 aliphatic heterocycles. The van der Waals surface area contributed by atoms with Gasteiger partial charge in [0, 0.05) is 5.92 Å². The zero-order chi connectivity index (χ0) is 14.9. The van der Waals surface area contributed by atoms with Crippen molar-refractivity contribution in [3.8, 4) is 0 Å². The highest BCUT2D eigenvalue weighted by Gasteiger charge is 2.44. The average Bonchev–Trinajstić information content (AvgIpc) is 3.20. The fourth-order valence-electron chi connectivity index (χ4n) is 2.02. The predicted molar refractivity (Wildman–Crippen MR) is 81.6 cm³/mol. The Morgan fingerprint density at radius 1 is 1.38 bits per heavy atom. The molecule has 1 amide bonds. The molecule has 1 aromatic carbocycles. The van der Waals surface area contributed by atoms with Crippen LogP contribution in [0.1, 0.15) is 17.9 Å². The Morgan fingerprint density at radius 3 is 2.62 bits per heavy atom. The lowest BCUT2D eigenvalue weighted by Crippen LogP contribution is -2.42. The number of hydrogen-bond donors (Lipinski definition) is 2. The molecule has 3 N–H and O–H groups in total. The van der Waals surface area contributed by atoms with Crippen molar-refractivity contribution in [1.82, 2.24) is 5.32 Å². The summed E-state index contributed by atoms with van der Waals surface area (Å²) < 4.78 is 25.9. The summed E-state index contributed by atoms with van der Waals surface area (Å²) in [7, 11) is 0. The predicted octanol–water partition coefficient (Wildman–Crippen LogP) is 3.23. The van der Waals surface area contributed by atoms with E-state index in [1.165, 1.54) is 0 Å². The number of benzene rings is 1. The Labute approximate surface area is 137 Å². The maximum absolute atomic E-state index is 12.9. The molecule has 118 valence electrons. The Hall–Kier alpha value is -0.620. The van der Waals surface area contributed by atoms with Crippen molar-refractivity contribution >= 4 is 41.5 Å². The van der Waals surface area contributed by atoms with Crippen LogP contribution in [-0.2, 0) is 4.79 Å². The van der Waals surface area contributed by atoms with E-state index in [-0.39, 0.29) is 30.2 Å². The van der Waals surface area contributed by atoms with Crippen LogP contribution in [0, 0.1) is 5.92 Å². The number of alkyl halides is 2. The molecule has 1 aromatic rings. The largest absolute Gasteiger partial charge is 0.350 e. The number of carbonyl (C=O) groups is 1. The van der Waals surface area contributed by atoms with Gasteiger partial charge in [0.25, 0.3) is 5.92 Å². The van der Waals surface area contributed by atoms with Crippen molar-refractivity contribution in [3.05, 3.63) is 33.8 Å². The topological polar surface area (TPSA) is 55.1 Å². The van der Waals surface area contributed by atoms with Crippen LogP contribution < -0.4 is 11.1 Å². The highest BCUT2D eigenvalue weighted by Crippen LogP contribution is 2.48. The van der Waals surface area contributed by atoms with Gasteiger partial charge in [0.2, 0.25) is 5.91 Å².